The second kappa shape index (κ2) is 8.56. The van der Waals surface area contributed by atoms with Gasteiger partial charge in [0.2, 0.25) is 5.91 Å². The summed E-state index contributed by atoms with van der Waals surface area (Å²) in [6, 6.07) is 11.1. The summed E-state index contributed by atoms with van der Waals surface area (Å²) in [5, 5.41) is 17.2. The third-order valence-corrected chi connectivity index (χ3v) is 4.08. The number of benzene rings is 2. The Morgan fingerprint density at radius 2 is 1.61 bits per heavy atom. The van der Waals surface area contributed by atoms with Crippen LogP contribution >= 0.6 is 0 Å². The van der Waals surface area contributed by atoms with E-state index in [9.17, 15) is 14.4 Å². The van der Waals surface area contributed by atoms with Crippen molar-refractivity contribution < 1.29 is 19.5 Å². The Morgan fingerprint density at radius 3 is 2.18 bits per heavy atom. The lowest BCUT2D eigenvalue weighted by Crippen LogP contribution is -2.29. The van der Waals surface area contributed by atoms with E-state index in [0.29, 0.717) is 11.4 Å². The van der Waals surface area contributed by atoms with Crippen LogP contribution in [0.2, 0.25) is 0 Å². The van der Waals surface area contributed by atoms with Crippen LogP contribution in [0.25, 0.3) is 0 Å². The Labute approximate surface area is 164 Å². The van der Waals surface area contributed by atoms with E-state index in [1.165, 1.54) is 12.1 Å². The third kappa shape index (κ3) is 5.84. The van der Waals surface area contributed by atoms with Crippen LogP contribution in [0.3, 0.4) is 0 Å². The summed E-state index contributed by atoms with van der Waals surface area (Å²) in [6.07, 6.45) is 0. The number of aryl methyl sites for hydroxylation is 1. The molecule has 0 saturated heterocycles. The number of urea groups is 1. The molecule has 7 heteroatoms. The number of hydrogen-bond donors (Lipinski definition) is 4. The fourth-order valence-corrected chi connectivity index (χ4v) is 2.27. The van der Waals surface area contributed by atoms with Crippen molar-refractivity contribution >= 4 is 29.3 Å². The number of carbonyl (C=O) groups is 3. The Kier molecular flexibility index (Phi) is 6.41. The number of rotatable bonds is 5. The fraction of sp³-hybridized carbons (Fsp3) is 0.286. The van der Waals surface area contributed by atoms with E-state index < -0.39 is 17.4 Å². The van der Waals surface area contributed by atoms with Gasteiger partial charge in [-0.15, -0.1) is 0 Å². The van der Waals surface area contributed by atoms with Crippen molar-refractivity contribution in [2.24, 2.45) is 5.41 Å². The van der Waals surface area contributed by atoms with Gasteiger partial charge in [-0.25, -0.2) is 9.59 Å². The van der Waals surface area contributed by atoms with Crippen LogP contribution in [-0.4, -0.2) is 23.0 Å². The van der Waals surface area contributed by atoms with Gasteiger partial charge in [0.15, 0.2) is 0 Å². The molecule has 2 rings (SSSR count). The van der Waals surface area contributed by atoms with Crippen molar-refractivity contribution in [3.63, 3.8) is 0 Å². The lowest BCUT2D eigenvalue weighted by molar-refractivity contribution is -0.123. The highest BCUT2D eigenvalue weighted by molar-refractivity contribution is 5.96. The average Bonchev–Trinajstić information content (AvgIpc) is 2.62. The van der Waals surface area contributed by atoms with E-state index >= 15 is 0 Å². The molecule has 0 aliphatic heterocycles. The minimum absolute atomic E-state index is 0.109. The molecule has 148 valence electrons. The molecule has 0 heterocycles. The van der Waals surface area contributed by atoms with Gasteiger partial charge < -0.3 is 21.1 Å². The molecule has 2 aromatic carbocycles. The van der Waals surface area contributed by atoms with Crippen molar-refractivity contribution in [2.75, 3.05) is 10.6 Å². The summed E-state index contributed by atoms with van der Waals surface area (Å²) >= 11 is 0. The molecule has 28 heavy (non-hydrogen) atoms. The predicted molar refractivity (Wildman–Crippen MR) is 109 cm³/mol. The standard InChI is InChI=1S/C21H25N3O4/c1-13-5-10-16(11-17(13)24-19(27)21(2,3)4)23-20(28)22-12-14-6-8-15(9-7-14)18(25)26/h5-11H,12H2,1-4H3,(H,24,27)(H,25,26)(H2,22,23,28). The van der Waals surface area contributed by atoms with Gasteiger partial charge in [0.05, 0.1) is 5.56 Å². The number of carbonyl (C=O) groups excluding carboxylic acids is 2. The summed E-state index contributed by atoms with van der Waals surface area (Å²) in [6.45, 7) is 7.62. The van der Waals surface area contributed by atoms with E-state index in [2.05, 4.69) is 16.0 Å². The smallest absolute Gasteiger partial charge is 0.335 e. The number of anilines is 2. The molecule has 7 nitrogen and oxygen atoms in total. The highest BCUT2D eigenvalue weighted by Crippen LogP contribution is 2.23. The van der Waals surface area contributed by atoms with Gasteiger partial charge in [0.25, 0.3) is 0 Å². The van der Waals surface area contributed by atoms with Gasteiger partial charge >= 0.3 is 12.0 Å². The quantitative estimate of drug-likeness (QED) is 0.626. The minimum Gasteiger partial charge on any atom is -0.478 e. The molecular weight excluding hydrogens is 358 g/mol. The number of nitrogens with one attached hydrogen (secondary N) is 3. The maximum Gasteiger partial charge on any atom is 0.335 e. The monoisotopic (exact) mass is 383 g/mol. The number of hydrogen-bond acceptors (Lipinski definition) is 3. The van der Waals surface area contributed by atoms with Crippen LogP contribution in [0, 0.1) is 12.3 Å². The molecule has 3 amide bonds. The zero-order valence-corrected chi connectivity index (χ0v) is 16.4. The minimum atomic E-state index is -0.994. The SMILES string of the molecule is Cc1ccc(NC(=O)NCc2ccc(C(=O)O)cc2)cc1NC(=O)C(C)(C)C. The Bertz CT molecular complexity index is 884. The van der Waals surface area contributed by atoms with Gasteiger partial charge in [-0.3, -0.25) is 4.79 Å². The van der Waals surface area contributed by atoms with Gasteiger partial charge in [0.1, 0.15) is 0 Å². The van der Waals surface area contributed by atoms with E-state index in [-0.39, 0.29) is 18.0 Å². The maximum absolute atomic E-state index is 12.2. The summed E-state index contributed by atoms with van der Waals surface area (Å²) in [7, 11) is 0. The molecule has 4 N–H and O–H groups in total. The largest absolute Gasteiger partial charge is 0.478 e. The predicted octanol–water partition coefficient (Wildman–Crippen LogP) is 4.00. The van der Waals surface area contributed by atoms with Crippen LogP contribution in [0.15, 0.2) is 42.5 Å². The van der Waals surface area contributed by atoms with Gasteiger partial charge in [-0.1, -0.05) is 39.0 Å². The fourth-order valence-electron chi connectivity index (χ4n) is 2.27. The summed E-state index contributed by atoms with van der Waals surface area (Å²) in [5.41, 5.74) is 2.53. The maximum atomic E-state index is 12.2. The van der Waals surface area contributed by atoms with Crippen LogP contribution in [0.1, 0.15) is 42.3 Å². The van der Waals surface area contributed by atoms with Gasteiger partial charge in [-0.2, -0.15) is 0 Å². The first kappa shape index (κ1) is 21.0. The van der Waals surface area contributed by atoms with Crippen LogP contribution in [0.4, 0.5) is 16.2 Å². The van der Waals surface area contributed by atoms with E-state index in [1.807, 2.05) is 33.8 Å². The second-order valence-corrected chi connectivity index (χ2v) is 7.54. The first-order chi connectivity index (χ1) is 13.1. The molecule has 0 bridgehead atoms. The number of amides is 3. The molecule has 0 aliphatic rings. The van der Waals surface area contributed by atoms with E-state index in [0.717, 1.165) is 11.1 Å². The molecule has 0 saturated carbocycles. The number of aromatic carboxylic acids is 1. The average molecular weight is 383 g/mol. The number of carboxylic acid groups (broad SMARTS) is 1. The molecule has 0 spiro atoms. The van der Waals surface area contributed by atoms with Crippen molar-refractivity contribution in [3.8, 4) is 0 Å². The molecule has 0 atom stereocenters. The molecule has 0 unspecified atom stereocenters. The molecule has 0 aromatic heterocycles. The Morgan fingerprint density at radius 1 is 0.964 bits per heavy atom. The normalized spacial score (nSPS) is 10.9. The van der Waals surface area contributed by atoms with Crippen LogP contribution < -0.4 is 16.0 Å². The molecule has 2 aromatic rings. The van der Waals surface area contributed by atoms with Crippen molar-refractivity contribution in [1.29, 1.82) is 0 Å². The Hall–Kier alpha value is -3.35. The van der Waals surface area contributed by atoms with Crippen LogP contribution in [0.5, 0.6) is 0 Å². The van der Waals surface area contributed by atoms with Gasteiger partial charge in [-0.05, 0) is 42.3 Å². The summed E-state index contributed by atoms with van der Waals surface area (Å²) in [5.74, 6) is -1.10. The lowest BCUT2D eigenvalue weighted by atomic mass is 9.95. The first-order valence-electron chi connectivity index (χ1n) is 8.85. The van der Waals surface area contributed by atoms with E-state index in [4.69, 9.17) is 5.11 Å². The van der Waals surface area contributed by atoms with Crippen molar-refractivity contribution in [2.45, 2.75) is 34.2 Å². The second-order valence-electron chi connectivity index (χ2n) is 7.54. The molecule has 0 fully saturated rings. The lowest BCUT2D eigenvalue weighted by Gasteiger charge is -2.19. The zero-order valence-electron chi connectivity index (χ0n) is 16.4. The molecule has 0 aliphatic carbocycles. The topological polar surface area (TPSA) is 108 Å². The number of carboxylic acids is 1. The van der Waals surface area contributed by atoms with Crippen molar-refractivity contribution in [3.05, 3.63) is 59.2 Å². The summed E-state index contributed by atoms with van der Waals surface area (Å²) < 4.78 is 0. The van der Waals surface area contributed by atoms with Gasteiger partial charge in [0, 0.05) is 23.3 Å². The van der Waals surface area contributed by atoms with E-state index in [1.54, 1.807) is 24.3 Å². The summed E-state index contributed by atoms with van der Waals surface area (Å²) in [4.78, 5) is 35.2. The first-order valence-corrected chi connectivity index (χ1v) is 8.85. The highest BCUT2D eigenvalue weighted by Gasteiger charge is 2.21. The Balaban J connectivity index is 1.97. The van der Waals surface area contributed by atoms with Crippen molar-refractivity contribution in [1.82, 2.24) is 5.32 Å². The zero-order chi connectivity index (χ0) is 20.9. The van der Waals surface area contributed by atoms with Crippen LogP contribution in [-0.2, 0) is 11.3 Å². The molecular formula is C21H25N3O4. The highest BCUT2D eigenvalue weighted by atomic mass is 16.4. The molecule has 0 radical (unpaired) electrons. The third-order valence-electron chi connectivity index (χ3n) is 4.08.